The van der Waals surface area contributed by atoms with E-state index in [9.17, 15) is 87.6 Å². The highest BCUT2D eigenvalue weighted by Crippen LogP contribution is 2.67. The Hall–Kier alpha value is -1.28. The summed E-state index contributed by atoms with van der Waals surface area (Å²) in [4.78, 5) is 0. The minimum absolute atomic E-state index is 8.38. The molecule has 0 rings (SSSR count). The van der Waals surface area contributed by atoms with Gasteiger partial charge in [-0.1, -0.05) is 0 Å². The Morgan fingerprint density at radius 1 is 0.448 bits per heavy atom. The van der Waals surface area contributed by atoms with Gasteiger partial charge in [-0.15, -0.1) is 0 Å². The van der Waals surface area contributed by atoms with Crippen molar-refractivity contribution >= 4 is 10.1 Å². The molecule has 0 radical (unpaired) electrons. The molecule has 29 heavy (non-hydrogen) atoms. The molecule has 0 spiro atoms. The van der Waals surface area contributed by atoms with Crippen molar-refractivity contribution in [2.24, 2.45) is 0 Å². The monoisotopic (exact) mass is 499 g/mol. The Morgan fingerprint density at radius 2 is 0.690 bits per heavy atom. The standard InChI is InChI=1S/C8HF17O3S/c9-1(5(14,15)16,6(17,18)19)3(10,11)4(12,13)2(7(20,21)22,8(23,24)25)29(26,27)28/h(H,26,27,28)/p-1. The van der Waals surface area contributed by atoms with E-state index >= 15 is 0 Å². The molecule has 21 heteroatoms. The van der Waals surface area contributed by atoms with Crippen molar-refractivity contribution in [3.63, 3.8) is 0 Å². The van der Waals surface area contributed by atoms with E-state index in [2.05, 4.69) is 0 Å². The van der Waals surface area contributed by atoms with Gasteiger partial charge < -0.3 is 4.55 Å². The number of rotatable bonds is 4. The van der Waals surface area contributed by atoms with Crippen LogP contribution in [0.5, 0.6) is 0 Å². The third kappa shape index (κ3) is 3.26. The largest absolute Gasteiger partial charge is 0.747 e. The molecule has 0 aliphatic carbocycles. The lowest BCUT2D eigenvalue weighted by molar-refractivity contribution is -0.448. The van der Waals surface area contributed by atoms with Crippen molar-refractivity contribution in [1.29, 1.82) is 0 Å². The highest BCUT2D eigenvalue weighted by atomic mass is 32.2. The lowest BCUT2D eigenvalue weighted by Crippen LogP contribution is -2.81. The SMILES string of the molecule is O=S(=O)([O-])C(C(F)(F)F)(C(F)(F)F)C(F)(F)C(F)(F)C(F)(C(F)(F)F)C(F)(F)F. The summed E-state index contributed by atoms with van der Waals surface area (Å²) in [5.41, 5.74) is -8.87. The first-order valence-electron chi connectivity index (χ1n) is 5.67. The Labute approximate surface area is 146 Å². The average molecular weight is 499 g/mol. The van der Waals surface area contributed by atoms with Gasteiger partial charge in [-0.2, -0.15) is 70.2 Å². The maximum absolute atomic E-state index is 13.6. The molecule has 0 aromatic heterocycles. The molecule has 0 saturated carbocycles. The zero-order valence-corrected chi connectivity index (χ0v) is 12.9. The maximum Gasteiger partial charge on any atom is 0.438 e. The van der Waals surface area contributed by atoms with E-state index in [1.54, 1.807) is 0 Å². The summed E-state index contributed by atoms with van der Waals surface area (Å²) < 4.78 is 238. The third-order valence-corrected chi connectivity index (χ3v) is 4.69. The molecule has 0 unspecified atom stereocenters. The van der Waals surface area contributed by atoms with Gasteiger partial charge in [0.25, 0.3) is 0 Å². The Kier molecular flexibility index (Phi) is 6.08. The first kappa shape index (κ1) is 27.7. The van der Waals surface area contributed by atoms with Crippen molar-refractivity contribution in [3.8, 4) is 0 Å². The molecule has 176 valence electrons. The fraction of sp³-hybridized carbons (Fsp3) is 1.00. The lowest BCUT2D eigenvalue weighted by atomic mass is 9.83. The third-order valence-electron chi connectivity index (χ3n) is 3.22. The number of hydrogen-bond acceptors (Lipinski definition) is 3. The van der Waals surface area contributed by atoms with Crippen LogP contribution in [-0.2, 0) is 10.1 Å². The molecule has 0 amide bonds. The van der Waals surface area contributed by atoms with Crippen LogP contribution in [0.3, 0.4) is 0 Å². The summed E-state index contributed by atoms with van der Waals surface area (Å²) in [5, 5.41) is 0. The van der Waals surface area contributed by atoms with Crippen LogP contribution in [0.4, 0.5) is 74.6 Å². The minimum Gasteiger partial charge on any atom is -0.747 e. The fourth-order valence-electron chi connectivity index (χ4n) is 1.91. The Morgan fingerprint density at radius 3 is 0.828 bits per heavy atom. The molecule has 0 aliphatic heterocycles. The van der Waals surface area contributed by atoms with Crippen LogP contribution >= 0.6 is 0 Å². The molecule has 0 aromatic rings. The summed E-state index contributed by atoms with van der Waals surface area (Å²) in [6.45, 7) is 0. The molecular weight excluding hydrogens is 499 g/mol. The molecule has 0 aliphatic rings. The molecule has 3 nitrogen and oxygen atoms in total. The van der Waals surface area contributed by atoms with E-state index < -0.39 is 57.1 Å². The number of hydrogen-bond donors (Lipinski definition) is 0. The molecular formula is C8F17O3S-. The van der Waals surface area contributed by atoms with Gasteiger partial charge in [0.05, 0.1) is 0 Å². The van der Waals surface area contributed by atoms with Crippen LogP contribution in [-0.4, -0.2) is 59.9 Å². The topological polar surface area (TPSA) is 57.2 Å². The van der Waals surface area contributed by atoms with Crippen LogP contribution in [0.2, 0.25) is 0 Å². The second kappa shape index (κ2) is 6.36. The minimum atomic E-state index is -9.24. The number of alkyl halides is 17. The van der Waals surface area contributed by atoms with E-state index in [0.717, 1.165) is 0 Å². The fourth-order valence-corrected chi connectivity index (χ4v) is 2.92. The average Bonchev–Trinajstić information content (AvgIpc) is 2.28. The summed E-state index contributed by atoms with van der Waals surface area (Å²) in [6.07, 6.45) is -33.8. The van der Waals surface area contributed by atoms with Gasteiger partial charge in [0.2, 0.25) is 0 Å². The van der Waals surface area contributed by atoms with Crippen LogP contribution < -0.4 is 0 Å². The van der Waals surface area contributed by atoms with Gasteiger partial charge in [-0.3, -0.25) is 0 Å². The van der Waals surface area contributed by atoms with Gasteiger partial charge in [-0.05, 0) is 0 Å². The predicted octanol–water partition coefficient (Wildman–Crippen LogP) is 4.50. The lowest BCUT2D eigenvalue weighted by Gasteiger charge is -2.48. The van der Waals surface area contributed by atoms with Gasteiger partial charge in [-0.25, -0.2) is 12.8 Å². The first-order chi connectivity index (χ1) is 12.0. The van der Waals surface area contributed by atoms with E-state index in [0.29, 0.717) is 0 Å². The molecule has 0 bridgehead atoms. The second-order valence-corrected chi connectivity index (χ2v) is 6.45. The summed E-state index contributed by atoms with van der Waals surface area (Å²) in [7, 11) is -9.07. The molecule has 0 heterocycles. The quantitative estimate of drug-likeness (QED) is 0.423. The van der Waals surface area contributed by atoms with Gasteiger partial charge >= 0.3 is 47.0 Å². The Bertz CT molecular complexity index is 692. The smallest absolute Gasteiger partial charge is 0.438 e. The summed E-state index contributed by atoms with van der Waals surface area (Å²) >= 11 is 0. The highest BCUT2D eigenvalue weighted by Gasteiger charge is 2.99. The van der Waals surface area contributed by atoms with Crippen LogP contribution in [0.15, 0.2) is 0 Å². The molecule has 0 atom stereocenters. The highest BCUT2D eigenvalue weighted by molar-refractivity contribution is 7.87. The molecule has 0 aromatic carbocycles. The number of halogens is 17. The second-order valence-electron chi connectivity index (χ2n) is 4.93. The Balaban J connectivity index is 7.82. The van der Waals surface area contributed by atoms with Gasteiger partial charge in [0.15, 0.2) is 0 Å². The van der Waals surface area contributed by atoms with E-state index in [1.807, 2.05) is 0 Å². The summed E-state index contributed by atoms with van der Waals surface area (Å²) in [6, 6.07) is 0. The van der Waals surface area contributed by atoms with Crippen molar-refractivity contribution < 1.29 is 87.6 Å². The van der Waals surface area contributed by atoms with Crippen LogP contribution in [0, 0.1) is 0 Å². The predicted molar refractivity (Wildman–Crippen MR) is 50.4 cm³/mol. The molecule has 0 fully saturated rings. The molecule has 0 N–H and O–H groups in total. The maximum atomic E-state index is 13.6. The van der Waals surface area contributed by atoms with Gasteiger partial charge in [0, 0.05) is 0 Å². The van der Waals surface area contributed by atoms with E-state index in [4.69, 9.17) is 0 Å². The van der Waals surface area contributed by atoms with Crippen LogP contribution in [0.1, 0.15) is 0 Å². The van der Waals surface area contributed by atoms with E-state index in [1.165, 1.54) is 0 Å². The zero-order chi connectivity index (χ0) is 24.5. The summed E-state index contributed by atoms with van der Waals surface area (Å²) in [5.74, 6) is -18.4. The van der Waals surface area contributed by atoms with E-state index in [-0.39, 0.29) is 0 Å². The van der Waals surface area contributed by atoms with Crippen molar-refractivity contribution in [2.75, 3.05) is 0 Å². The van der Waals surface area contributed by atoms with Crippen molar-refractivity contribution in [3.05, 3.63) is 0 Å². The van der Waals surface area contributed by atoms with Crippen LogP contribution in [0.25, 0.3) is 0 Å². The van der Waals surface area contributed by atoms with Gasteiger partial charge in [0.1, 0.15) is 10.1 Å². The first-order valence-corrected chi connectivity index (χ1v) is 7.08. The zero-order valence-electron chi connectivity index (χ0n) is 12.1. The van der Waals surface area contributed by atoms with Crippen molar-refractivity contribution in [1.82, 2.24) is 0 Å². The molecule has 0 saturated heterocycles. The normalized spacial score (nSPS) is 16.9. The van der Waals surface area contributed by atoms with Crippen molar-refractivity contribution in [2.45, 2.75) is 47.0 Å².